The van der Waals surface area contributed by atoms with Crippen molar-refractivity contribution < 1.29 is 9.53 Å². The standard InChI is InChI=1S/C17H23N5O2/c1-12(13-5-7-15(24-2)8-6-13)10-16(23)22-9-3-4-14(11-22)17-18-20-21-19-17/h5-8,12,14H,3-4,9-11H2,1-2H3,(H,18,19,20,21). The van der Waals surface area contributed by atoms with E-state index in [4.69, 9.17) is 4.74 Å². The second kappa shape index (κ2) is 7.42. The zero-order valence-corrected chi connectivity index (χ0v) is 14.1. The number of likely N-dealkylation sites (tertiary alicyclic amines) is 1. The number of benzene rings is 1. The van der Waals surface area contributed by atoms with Crippen molar-refractivity contribution in [3.05, 3.63) is 35.7 Å². The summed E-state index contributed by atoms with van der Waals surface area (Å²) in [7, 11) is 1.65. The topological polar surface area (TPSA) is 84.0 Å². The number of nitrogens with zero attached hydrogens (tertiary/aromatic N) is 4. The van der Waals surface area contributed by atoms with Gasteiger partial charge in [0.2, 0.25) is 5.91 Å². The minimum absolute atomic E-state index is 0.175. The fourth-order valence-electron chi connectivity index (χ4n) is 3.20. The van der Waals surface area contributed by atoms with Crippen LogP contribution >= 0.6 is 0 Å². The van der Waals surface area contributed by atoms with Gasteiger partial charge >= 0.3 is 0 Å². The highest BCUT2D eigenvalue weighted by Gasteiger charge is 2.27. The van der Waals surface area contributed by atoms with Gasteiger partial charge in [0.1, 0.15) is 5.75 Å². The highest BCUT2D eigenvalue weighted by Crippen LogP contribution is 2.27. The first-order valence-electron chi connectivity index (χ1n) is 8.32. The molecule has 2 heterocycles. The number of tetrazole rings is 1. The normalized spacial score (nSPS) is 19.1. The van der Waals surface area contributed by atoms with Gasteiger partial charge in [-0.05, 0) is 36.5 Å². The number of piperidine rings is 1. The number of methoxy groups -OCH3 is 1. The summed E-state index contributed by atoms with van der Waals surface area (Å²) in [6, 6.07) is 7.91. The molecular formula is C17H23N5O2. The zero-order valence-electron chi connectivity index (χ0n) is 14.1. The van der Waals surface area contributed by atoms with Crippen LogP contribution in [-0.2, 0) is 4.79 Å². The molecule has 2 aromatic rings. The third-order valence-electron chi connectivity index (χ3n) is 4.67. The van der Waals surface area contributed by atoms with Crippen LogP contribution in [0, 0.1) is 0 Å². The summed E-state index contributed by atoms with van der Waals surface area (Å²) in [5, 5.41) is 14.2. The minimum atomic E-state index is 0.175. The molecule has 7 nitrogen and oxygen atoms in total. The van der Waals surface area contributed by atoms with Gasteiger partial charge in [0.15, 0.2) is 5.82 Å². The third-order valence-corrected chi connectivity index (χ3v) is 4.67. The minimum Gasteiger partial charge on any atom is -0.497 e. The van der Waals surface area contributed by atoms with Gasteiger partial charge in [-0.1, -0.05) is 24.3 Å². The number of aromatic nitrogens is 4. The quantitative estimate of drug-likeness (QED) is 0.908. The van der Waals surface area contributed by atoms with Crippen LogP contribution in [0.25, 0.3) is 0 Å². The average molecular weight is 329 g/mol. The van der Waals surface area contributed by atoms with Crippen molar-refractivity contribution in [2.45, 2.75) is 38.0 Å². The molecule has 1 saturated heterocycles. The van der Waals surface area contributed by atoms with Crippen LogP contribution < -0.4 is 4.74 Å². The SMILES string of the molecule is COc1ccc(C(C)CC(=O)N2CCCC(c3nn[nH]n3)C2)cc1. The van der Waals surface area contributed by atoms with E-state index in [-0.39, 0.29) is 17.7 Å². The summed E-state index contributed by atoms with van der Waals surface area (Å²) in [6.07, 6.45) is 2.48. The van der Waals surface area contributed by atoms with Gasteiger partial charge in [0.25, 0.3) is 0 Å². The summed E-state index contributed by atoms with van der Waals surface area (Å²) in [5.74, 6) is 2.07. The molecule has 1 aromatic heterocycles. The fourth-order valence-corrected chi connectivity index (χ4v) is 3.20. The van der Waals surface area contributed by atoms with E-state index < -0.39 is 0 Å². The van der Waals surface area contributed by atoms with E-state index in [9.17, 15) is 4.79 Å². The molecule has 1 aromatic carbocycles. The molecule has 0 aliphatic carbocycles. The first kappa shape index (κ1) is 16.4. The average Bonchev–Trinajstić information content (AvgIpc) is 3.16. The van der Waals surface area contributed by atoms with Crippen LogP contribution in [0.1, 0.15) is 49.4 Å². The predicted octanol–water partition coefficient (Wildman–Crippen LogP) is 2.11. The van der Waals surface area contributed by atoms with Gasteiger partial charge in [-0.3, -0.25) is 4.79 Å². The summed E-state index contributed by atoms with van der Waals surface area (Å²) in [5.41, 5.74) is 1.15. The Morgan fingerprint density at radius 3 is 2.88 bits per heavy atom. The lowest BCUT2D eigenvalue weighted by Crippen LogP contribution is -2.39. The molecule has 128 valence electrons. The van der Waals surface area contributed by atoms with Crippen molar-refractivity contribution in [2.75, 3.05) is 20.2 Å². The number of ether oxygens (including phenoxy) is 1. The van der Waals surface area contributed by atoms with Crippen molar-refractivity contribution in [1.82, 2.24) is 25.5 Å². The summed E-state index contributed by atoms with van der Waals surface area (Å²) in [4.78, 5) is 14.6. The lowest BCUT2D eigenvalue weighted by Gasteiger charge is -2.32. The Morgan fingerprint density at radius 1 is 1.42 bits per heavy atom. The van der Waals surface area contributed by atoms with Crippen molar-refractivity contribution >= 4 is 5.91 Å². The molecule has 2 unspecified atom stereocenters. The van der Waals surface area contributed by atoms with Crippen LogP contribution in [0.5, 0.6) is 5.75 Å². The molecule has 0 radical (unpaired) electrons. The maximum Gasteiger partial charge on any atom is 0.223 e. The van der Waals surface area contributed by atoms with Crippen molar-refractivity contribution in [3.8, 4) is 5.75 Å². The van der Waals surface area contributed by atoms with Crippen LogP contribution in [0.3, 0.4) is 0 Å². The van der Waals surface area contributed by atoms with E-state index in [2.05, 4.69) is 27.5 Å². The van der Waals surface area contributed by atoms with Gasteiger partial charge < -0.3 is 9.64 Å². The number of hydrogen-bond donors (Lipinski definition) is 1. The molecule has 3 rings (SSSR count). The molecule has 1 aliphatic heterocycles. The van der Waals surface area contributed by atoms with E-state index in [1.807, 2.05) is 29.2 Å². The monoisotopic (exact) mass is 329 g/mol. The summed E-state index contributed by atoms with van der Waals surface area (Å²) in [6.45, 7) is 3.57. The summed E-state index contributed by atoms with van der Waals surface area (Å²) < 4.78 is 5.18. The van der Waals surface area contributed by atoms with Crippen LogP contribution in [0.4, 0.5) is 0 Å². The van der Waals surface area contributed by atoms with Gasteiger partial charge in [0.05, 0.1) is 7.11 Å². The lowest BCUT2D eigenvalue weighted by atomic mass is 9.94. The number of amides is 1. The Labute approximate surface area is 141 Å². The number of H-pyrrole nitrogens is 1. The molecule has 0 saturated carbocycles. The van der Waals surface area contributed by atoms with E-state index in [1.165, 1.54) is 0 Å². The maximum atomic E-state index is 12.7. The molecule has 2 atom stereocenters. The molecular weight excluding hydrogens is 306 g/mol. The molecule has 0 spiro atoms. The third kappa shape index (κ3) is 3.72. The Balaban J connectivity index is 1.59. The first-order chi connectivity index (χ1) is 11.7. The number of nitrogens with one attached hydrogen (secondary N) is 1. The first-order valence-corrected chi connectivity index (χ1v) is 8.32. The number of rotatable bonds is 5. The number of aromatic amines is 1. The second-order valence-corrected chi connectivity index (χ2v) is 6.33. The highest BCUT2D eigenvalue weighted by atomic mass is 16.5. The van der Waals surface area contributed by atoms with Crippen LogP contribution in [-0.4, -0.2) is 51.6 Å². The smallest absolute Gasteiger partial charge is 0.223 e. The molecule has 1 fully saturated rings. The van der Waals surface area contributed by atoms with E-state index >= 15 is 0 Å². The maximum absolute atomic E-state index is 12.7. The van der Waals surface area contributed by atoms with Crippen molar-refractivity contribution in [1.29, 1.82) is 0 Å². The fraction of sp³-hybridized carbons (Fsp3) is 0.529. The van der Waals surface area contributed by atoms with E-state index in [0.29, 0.717) is 18.8 Å². The van der Waals surface area contributed by atoms with Crippen LogP contribution in [0.2, 0.25) is 0 Å². The van der Waals surface area contributed by atoms with E-state index in [0.717, 1.165) is 30.7 Å². The number of hydrogen-bond acceptors (Lipinski definition) is 5. The van der Waals surface area contributed by atoms with Crippen LogP contribution in [0.15, 0.2) is 24.3 Å². The molecule has 24 heavy (non-hydrogen) atoms. The molecule has 7 heteroatoms. The van der Waals surface area contributed by atoms with Crippen molar-refractivity contribution in [3.63, 3.8) is 0 Å². The highest BCUT2D eigenvalue weighted by molar-refractivity contribution is 5.77. The van der Waals surface area contributed by atoms with Gasteiger partial charge in [0, 0.05) is 25.4 Å². The van der Waals surface area contributed by atoms with Gasteiger partial charge in [-0.25, -0.2) is 0 Å². The predicted molar refractivity (Wildman–Crippen MR) is 88.8 cm³/mol. The summed E-state index contributed by atoms with van der Waals surface area (Å²) >= 11 is 0. The Hall–Kier alpha value is -2.44. The lowest BCUT2D eigenvalue weighted by molar-refractivity contribution is -0.132. The van der Waals surface area contributed by atoms with Gasteiger partial charge in [-0.15, -0.1) is 10.2 Å². The largest absolute Gasteiger partial charge is 0.497 e. The number of carbonyl (C=O) groups is 1. The molecule has 1 aliphatic rings. The second-order valence-electron chi connectivity index (χ2n) is 6.33. The van der Waals surface area contributed by atoms with E-state index in [1.54, 1.807) is 7.11 Å². The van der Waals surface area contributed by atoms with Gasteiger partial charge in [-0.2, -0.15) is 5.21 Å². The Kier molecular flexibility index (Phi) is 5.08. The zero-order chi connectivity index (χ0) is 16.9. The molecule has 0 bridgehead atoms. The van der Waals surface area contributed by atoms with Crippen molar-refractivity contribution in [2.24, 2.45) is 0 Å². The number of carbonyl (C=O) groups excluding carboxylic acids is 1. The molecule has 1 amide bonds. The Bertz CT molecular complexity index is 656. The Morgan fingerprint density at radius 2 is 2.21 bits per heavy atom. The molecule has 1 N–H and O–H groups in total.